The van der Waals surface area contributed by atoms with Crippen LogP contribution < -0.4 is 0 Å². The summed E-state index contributed by atoms with van der Waals surface area (Å²) in [5.74, 6) is -0.321. The Bertz CT molecular complexity index is 736. The Morgan fingerprint density at radius 3 is 2.18 bits per heavy atom. The van der Waals surface area contributed by atoms with Crippen LogP contribution in [0.2, 0.25) is 0 Å². The Hall–Kier alpha value is -1.65. The lowest BCUT2D eigenvalue weighted by Crippen LogP contribution is -2.11. The highest BCUT2D eigenvalue weighted by molar-refractivity contribution is 7.92. The zero-order valence-corrected chi connectivity index (χ0v) is 13.3. The molecule has 3 atom stereocenters. The molecule has 0 radical (unpaired) electrons. The summed E-state index contributed by atoms with van der Waals surface area (Å²) in [6.07, 6.45) is 0.958. The van der Waals surface area contributed by atoms with Gasteiger partial charge in [-0.25, -0.2) is 8.42 Å². The third-order valence-electron chi connectivity index (χ3n) is 4.51. The van der Waals surface area contributed by atoms with Gasteiger partial charge in [0.15, 0.2) is 9.84 Å². The highest BCUT2D eigenvalue weighted by Crippen LogP contribution is 2.53. The predicted molar refractivity (Wildman–Crippen MR) is 86.6 cm³/mol. The first-order valence-corrected chi connectivity index (χ1v) is 9.13. The summed E-state index contributed by atoms with van der Waals surface area (Å²) in [7, 11) is -3.40. The van der Waals surface area contributed by atoms with Gasteiger partial charge in [-0.2, -0.15) is 0 Å². The van der Waals surface area contributed by atoms with Crippen molar-refractivity contribution in [3.63, 3.8) is 0 Å². The molecule has 3 nitrogen and oxygen atoms in total. The van der Waals surface area contributed by atoms with Crippen LogP contribution in [0.1, 0.15) is 24.0 Å². The fourth-order valence-electron chi connectivity index (χ4n) is 3.16. The number of aryl methyl sites for hydroxylation is 1. The van der Waals surface area contributed by atoms with Crippen LogP contribution in [-0.2, 0) is 16.3 Å². The van der Waals surface area contributed by atoms with Crippen LogP contribution in [0.4, 0.5) is 0 Å². The van der Waals surface area contributed by atoms with Gasteiger partial charge in [-0.05, 0) is 29.7 Å². The van der Waals surface area contributed by atoms with Gasteiger partial charge in [-0.15, -0.1) is 0 Å². The lowest BCUT2D eigenvalue weighted by Gasteiger charge is -2.04. The molecule has 1 fully saturated rings. The van der Waals surface area contributed by atoms with Crippen LogP contribution in [-0.4, -0.2) is 25.4 Å². The first-order valence-electron chi connectivity index (χ1n) is 7.58. The van der Waals surface area contributed by atoms with Crippen molar-refractivity contribution in [2.45, 2.75) is 29.4 Å². The van der Waals surface area contributed by atoms with Crippen molar-refractivity contribution in [3.8, 4) is 0 Å². The van der Waals surface area contributed by atoms with Gasteiger partial charge < -0.3 is 5.11 Å². The van der Waals surface area contributed by atoms with Crippen molar-refractivity contribution < 1.29 is 13.5 Å². The van der Waals surface area contributed by atoms with Gasteiger partial charge in [0, 0.05) is 18.4 Å². The minimum absolute atomic E-state index is 0.100. The molecule has 22 heavy (non-hydrogen) atoms. The second-order valence-corrected chi connectivity index (χ2v) is 7.90. The molecule has 1 aliphatic rings. The fraction of sp³-hybridized carbons (Fsp3) is 0.333. The van der Waals surface area contributed by atoms with Gasteiger partial charge >= 0.3 is 0 Å². The molecule has 4 heteroatoms. The summed E-state index contributed by atoms with van der Waals surface area (Å²) >= 11 is 0. The number of hydrogen-bond acceptors (Lipinski definition) is 3. The highest BCUT2D eigenvalue weighted by Gasteiger charge is 2.58. The third-order valence-corrected chi connectivity index (χ3v) is 6.80. The molecule has 0 aromatic heterocycles. The van der Waals surface area contributed by atoms with E-state index < -0.39 is 15.1 Å². The summed E-state index contributed by atoms with van der Waals surface area (Å²) < 4.78 is 25.5. The van der Waals surface area contributed by atoms with Gasteiger partial charge in [-0.1, -0.05) is 49.4 Å². The van der Waals surface area contributed by atoms with E-state index in [0.717, 1.165) is 12.0 Å². The molecule has 1 aliphatic carbocycles. The van der Waals surface area contributed by atoms with Crippen LogP contribution >= 0.6 is 0 Å². The normalized spacial score (nSPS) is 24.2. The van der Waals surface area contributed by atoms with Gasteiger partial charge in [-0.3, -0.25) is 0 Å². The molecule has 1 saturated carbocycles. The van der Waals surface area contributed by atoms with Crippen LogP contribution in [0.25, 0.3) is 0 Å². The average Bonchev–Trinajstić information content (AvgIpc) is 3.31. The van der Waals surface area contributed by atoms with Crippen molar-refractivity contribution in [2.75, 3.05) is 6.61 Å². The van der Waals surface area contributed by atoms with Gasteiger partial charge in [0.25, 0.3) is 0 Å². The van der Waals surface area contributed by atoms with Crippen molar-refractivity contribution >= 4 is 9.84 Å². The van der Waals surface area contributed by atoms with E-state index in [-0.39, 0.29) is 18.4 Å². The number of hydrogen-bond donors (Lipinski definition) is 1. The average molecular weight is 316 g/mol. The molecule has 0 spiro atoms. The Morgan fingerprint density at radius 1 is 1.00 bits per heavy atom. The maximum Gasteiger partial charge on any atom is 0.182 e. The van der Waals surface area contributed by atoms with Crippen molar-refractivity contribution in [2.24, 2.45) is 5.92 Å². The number of benzene rings is 2. The Labute approximate surface area is 131 Å². The third kappa shape index (κ3) is 2.57. The topological polar surface area (TPSA) is 54.4 Å². The van der Waals surface area contributed by atoms with Gasteiger partial charge in [0.05, 0.1) is 10.1 Å². The molecule has 3 unspecified atom stereocenters. The minimum Gasteiger partial charge on any atom is -0.396 e. The van der Waals surface area contributed by atoms with E-state index in [2.05, 4.69) is 6.92 Å². The second-order valence-electron chi connectivity index (χ2n) is 5.79. The quantitative estimate of drug-likeness (QED) is 0.923. The Balaban J connectivity index is 1.91. The molecule has 0 saturated heterocycles. The summed E-state index contributed by atoms with van der Waals surface area (Å²) in [6.45, 7) is 1.99. The number of sulfone groups is 1. The van der Waals surface area contributed by atoms with Crippen LogP contribution in [0.5, 0.6) is 0 Å². The van der Waals surface area contributed by atoms with Crippen LogP contribution in [0.15, 0.2) is 59.5 Å². The summed E-state index contributed by atoms with van der Waals surface area (Å²) in [5, 5.41) is 9.03. The number of rotatable bonds is 5. The zero-order chi connectivity index (χ0) is 15.7. The van der Waals surface area contributed by atoms with Crippen LogP contribution in [0.3, 0.4) is 0 Å². The monoisotopic (exact) mass is 316 g/mol. The first kappa shape index (κ1) is 15.3. The molecule has 0 amide bonds. The van der Waals surface area contributed by atoms with E-state index in [1.54, 1.807) is 30.3 Å². The van der Waals surface area contributed by atoms with Gasteiger partial charge in [0.1, 0.15) is 0 Å². The van der Waals surface area contributed by atoms with E-state index in [1.165, 1.54) is 5.56 Å². The fourth-order valence-corrected chi connectivity index (χ4v) is 5.38. The van der Waals surface area contributed by atoms with E-state index in [1.807, 2.05) is 24.3 Å². The lowest BCUT2D eigenvalue weighted by atomic mass is 10.1. The standard InChI is InChI=1S/C18H20O3S/c1-2-13-8-10-14(11-9-13)17-16(12-19)18(17)22(20,21)15-6-4-3-5-7-15/h3-11,16-19H,2,12H2,1H3. The van der Waals surface area contributed by atoms with E-state index in [0.29, 0.717) is 4.90 Å². The zero-order valence-electron chi connectivity index (χ0n) is 12.5. The smallest absolute Gasteiger partial charge is 0.182 e. The molecule has 1 N–H and O–H groups in total. The number of aliphatic hydroxyl groups excluding tert-OH is 1. The summed E-state index contributed by atoms with van der Waals surface area (Å²) in [6, 6.07) is 16.6. The molecule has 0 aliphatic heterocycles. The SMILES string of the molecule is CCc1ccc(C2C(CO)C2S(=O)(=O)c2ccccc2)cc1. The summed E-state index contributed by atoms with van der Waals surface area (Å²) in [5.41, 5.74) is 2.23. The Kier molecular flexibility index (Phi) is 4.06. The highest BCUT2D eigenvalue weighted by atomic mass is 32.2. The van der Waals surface area contributed by atoms with E-state index in [4.69, 9.17) is 0 Å². The Morgan fingerprint density at radius 2 is 1.64 bits per heavy atom. The molecular formula is C18H20O3S. The largest absolute Gasteiger partial charge is 0.396 e. The van der Waals surface area contributed by atoms with E-state index >= 15 is 0 Å². The van der Waals surface area contributed by atoms with Crippen molar-refractivity contribution in [3.05, 3.63) is 65.7 Å². The minimum atomic E-state index is -3.40. The molecule has 0 heterocycles. The van der Waals surface area contributed by atoms with E-state index in [9.17, 15) is 13.5 Å². The molecule has 3 rings (SSSR count). The first-order chi connectivity index (χ1) is 10.6. The van der Waals surface area contributed by atoms with Crippen molar-refractivity contribution in [1.82, 2.24) is 0 Å². The maximum absolute atomic E-state index is 12.8. The predicted octanol–water partition coefficient (Wildman–Crippen LogP) is 2.80. The molecule has 116 valence electrons. The van der Waals surface area contributed by atoms with Crippen LogP contribution in [0, 0.1) is 5.92 Å². The molecule has 2 aromatic rings. The van der Waals surface area contributed by atoms with Gasteiger partial charge in [0.2, 0.25) is 0 Å². The molecule has 2 aromatic carbocycles. The molecule has 0 bridgehead atoms. The maximum atomic E-state index is 12.8. The molecular weight excluding hydrogens is 296 g/mol. The van der Waals surface area contributed by atoms with Crippen molar-refractivity contribution in [1.29, 1.82) is 0 Å². The number of aliphatic hydroxyl groups is 1. The summed E-state index contributed by atoms with van der Waals surface area (Å²) in [4.78, 5) is 0.339. The second kappa shape index (κ2) is 5.86. The lowest BCUT2D eigenvalue weighted by molar-refractivity contribution is 0.274.